The molecule has 6 nitrogen and oxygen atoms in total. The van der Waals surface area contributed by atoms with Gasteiger partial charge in [0, 0.05) is 35.8 Å². The largest absolute Gasteiger partial charge is 0.454 e. The number of benzene rings is 3. The first-order valence-corrected chi connectivity index (χ1v) is 13.4. The van der Waals surface area contributed by atoms with Crippen molar-refractivity contribution >= 4 is 27.8 Å². The van der Waals surface area contributed by atoms with Gasteiger partial charge in [-0.15, -0.1) is 0 Å². The van der Waals surface area contributed by atoms with Crippen molar-refractivity contribution in [1.29, 1.82) is 0 Å². The summed E-state index contributed by atoms with van der Waals surface area (Å²) in [6.45, 7) is 5.57. The number of rotatable bonds is 4. The molecule has 1 amide bonds. The number of ether oxygens (including phenoxy) is 1. The normalized spacial score (nSPS) is 14.8. The Morgan fingerprint density at radius 3 is 2.28 bits per heavy atom. The van der Waals surface area contributed by atoms with E-state index < -0.39 is 17.2 Å². The molecule has 3 aromatic carbocycles. The van der Waals surface area contributed by atoms with Gasteiger partial charge in [0.25, 0.3) is 0 Å². The van der Waals surface area contributed by atoms with Crippen molar-refractivity contribution in [2.24, 2.45) is 7.05 Å². The molecule has 5 aromatic rings. The van der Waals surface area contributed by atoms with Crippen LogP contribution in [0.15, 0.2) is 88.3 Å². The van der Waals surface area contributed by atoms with Crippen LogP contribution in [0.3, 0.4) is 0 Å². The number of hydrogen-bond acceptors (Lipinski definition) is 4. The molecular weight excluding hydrogens is 488 g/mol. The second kappa shape index (κ2) is 9.16. The van der Waals surface area contributed by atoms with Gasteiger partial charge in [0.1, 0.15) is 16.9 Å². The highest BCUT2D eigenvalue weighted by Gasteiger charge is 2.41. The zero-order valence-electron chi connectivity index (χ0n) is 22.7. The van der Waals surface area contributed by atoms with E-state index in [2.05, 4.69) is 5.32 Å². The van der Waals surface area contributed by atoms with E-state index in [0.29, 0.717) is 22.3 Å². The zero-order chi connectivity index (χ0) is 27.4. The summed E-state index contributed by atoms with van der Waals surface area (Å²) in [5.74, 6) is 0.544. The highest BCUT2D eigenvalue weighted by molar-refractivity contribution is 6.05. The molecule has 1 N–H and O–H groups in total. The first-order chi connectivity index (χ1) is 18.6. The number of aromatic nitrogens is 1. The average Bonchev–Trinajstić information content (AvgIpc) is 3.26. The van der Waals surface area contributed by atoms with E-state index in [9.17, 15) is 9.59 Å². The Bertz CT molecular complexity index is 1750. The van der Waals surface area contributed by atoms with Gasteiger partial charge in [-0.3, -0.25) is 4.79 Å². The molecule has 2 heterocycles. The van der Waals surface area contributed by atoms with Crippen molar-refractivity contribution in [1.82, 2.24) is 9.88 Å². The molecule has 0 radical (unpaired) electrons. The predicted octanol–water partition coefficient (Wildman–Crippen LogP) is 7.52. The molecule has 1 saturated carbocycles. The third-order valence-electron chi connectivity index (χ3n) is 7.52. The topological polar surface area (TPSA) is 73.5 Å². The monoisotopic (exact) mass is 520 g/mol. The predicted molar refractivity (Wildman–Crippen MR) is 155 cm³/mol. The van der Waals surface area contributed by atoms with Crippen LogP contribution >= 0.6 is 0 Å². The highest BCUT2D eigenvalue weighted by Crippen LogP contribution is 2.42. The summed E-state index contributed by atoms with van der Waals surface area (Å²) in [4.78, 5) is 26.7. The molecule has 39 heavy (non-hydrogen) atoms. The molecule has 1 aliphatic rings. The summed E-state index contributed by atoms with van der Waals surface area (Å²) >= 11 is 0. The van der Waals surface area contributed by atoms with Crippen LogP contribution in [-0.2, 0) is 17.3 Å². The fraction of sp³-hybridized carbons (Fsp3) is 0.273. The minimum atomic E-state index is -0.567. The van der Waals surface area contributed by atoms with Gasteiger partial charge in [-0.25, -0.2) is 4.79 Å². The van der Waals surface area contributed by atoms with Gasteiger partial charge < -0.3 is 19.0 Å². The Hall–Kier alpha value is -4.32. The second-order valence-electron chi connectivity index (χ2n) is 11.5. The zero-order valence-corrected chi connectivity index (χ0v) is 22.7. The van der Waals surface area contributed by atoms with Gasteiger partial charge in [-0.05, 0) is 57.2 Å². The number of carbonyl (C=O) groups is 1. The molecule has 0 atom stereocenters. The molecule has 0 saturated heterocycles. The summed E-state index contributed by atoms with van der Waals surface area (Å²) in [6, 6.07) is 21.5. The van der Waals surface area contributed by atoms with Crippen molar-refractivity contribution in [3.63, 3.8) is 0 Å². The molecule has 1 aliphatic carbocycles. The molecule has 0 bridgehead atoms. The summed E-state index contributed by atoms with van der Waals surface area (Å²) in [5.41, 5.74) is 2.63. The quantitative estimate of drug-likeness (QED) is 0.266. The highest BCUT2D eigenvalue weighted by atomic mass is 16.6. The van der Waals surface area contributed by atoms with Crippen LogP contribution in [0.4, 0.5) is 4.79 Å². The summed E-state index contributed by atoms with van der Waals surface area (Å²) in [7, 11) is 1.96. The van der Waals surface area contributed by atoms with Crippen LogP contribution in [0, 0.1) is 0 Å². The third-order valence-corrected chi connectivity index (χ3v) is 7.52. The lowest BCUT2D eigenvalue weighted by Crippen LogP contribution is -2.52. The SMILES string of the molecule is Cn1cc2ccc3c(=O)c(-c4ccc(C5(NC(=O)OC(C)(C)C)CCC5)cc4)c(-c4ccccc4)oc3c2c1. The maximum absolute atomic E-state index is 14.1. The van der Waals surface area contributed by atoms with E-state index in [4.69, 9.17) is 9.15 Å². The number of alkyl carbamates (subject to hydrolysis) is 1. The lowest BCUT2D eigenvalue weighted by Gasteiger charge is -2.43. The van der Waals surface area contributed by atoms with Crippen molar-refractivity contribution in [3.8, 4) is 22.5 Å². The van der Waals surface area contributed by atoms with Crippen LogP contribution < -0.4 is 10.7 Å². The van der Waals surface area contributed by atoms with Crippen molar-refractivity contribution in [2.45, 2.75) is 51.2 Å². The Labute approximate surface area is 227 Å². The number of fused-ring (bicyclic) bond motifs is 3. The minimum absolute atomic E-state index is 0.0705. The van der Waals surface area contributed by atoms with Gasteiger partial charge >= 0.3 is 6.09 Å². The first-order valence-electron chi connectivity index (χ1n) is 13.4. The van der Waals surface area contributed by atoms with Gasteiger partial charge in [0.05, 0.1) is 16.5 Å². The van der Waals surface area contributed by atoms with E-state index in [1.165, 1.54) is 0 Å². The fourth-order valence-corrected chi connectivity index (χ4v) is 5.53. The molecule has 198 valence electrons. The Morgan fingerprint density at radius 1 is 0.923 bits per heavy atom. The molecule has 2 aromatic heterocycles. The van der Waals surface area contributed by atoms with Crippen molar-refractivity contribution in [2.75, 3.05) is 0 Å². The Balaban J connectivity index is 1.46. The number of nitrogens with zero attached hydrogens (tertiary/aromatic N) is 1. The maximum Gasteiger partial charge on any atom is 0.408 e. The van der Waals surface area contributed by atoms with Crippen LogP contribution in [0.5, 0.6) is 0 Å². The van der Waals surface area contributed by atoms with Gasteiger partial charge in [-0.2, -0.15) is 0 Å². The number of amides is 1. The van der Waals surface area contributed by atoms with Crippen LogP contribution in [0.1, 0.15) is 45.6 Å². The van der Waals surface area contributed by atoms with Crippen molar-refractivity contribution in [3.05, 3.63) is 94.9 Å². The summed E-state index contributed by atoms with van der Waals surface area (Å²) in [6.07, 6.45) is 6.29. The molecule has 0 unspecified atom stereocenters. The first kappa shape index (κ1) is 25.0. The second-order valence-corrected chi connectivity index (χ2v) is 11.5. The minimum Gasteiger partial charge on any atom is -0.454 e. The molecule has 0 spiro atoms. The molecule has 1 fully saturated rings. The van der Waals surface area contributed by atoms with Crippen LogP contribution in [0.2, 0.25) is 0 Å². The maximum atomic E-state index is 14.1. The number of carbonyl (C=O) groups excluding carboxylic acids is 1. The molecular formula is C33H32N2O4. The standard InChI is InChI=1S/C33H32N2O4/c1-32(2,3)39-31(37)34-33(17-8-18-33)24-14-11-21(12-15-24)27-28(36)25-16-13-23-19-35(4)20-26(23)30(25)38-29(27)22-9-6-5-7-10-22/h5-7,9-16,19-20H,8,17-18H2,1-4H3,(H,34,37). The molecule has 6 rings (SSSR count). The van der Waals surface area contributed by atoms with E-state index in [-0.39, 0.29) is 5.43 Å². The van der Waals surface area contributed by atoms with E-state index in [0.717, 1.165) is 46.7 Å². The lowest BCUT2D eigenvalue weighted by molar-refractivity contribution is 0.0377. The van der Waals surface area contributed by atoms with E-state index >= 15 is 0 Å². The summed E-state index contributed by atoms with van der Waals surface area (Å²) < 4.78 is 14.1. The smallest absolute Gasteiger partial charge is 0.408 e. The van der Waals surface area contributed by atoms with Gasteiger partial charge in [0.15, 0.2) is 0 Å². The van der Waals surface area contributed by atoms with Crippen LogP contribution in [0.25, 0.3) is 44.2 Å². The molecule has 6 heteroatoms. The van der Waals surface area contributed by atoms with Crippen molar-refractivity contribution < 1.29 is 13.9 Å². The number of hydrogen-bond donors (Lipinski definition) is 1. The molecule has 0 aliphatic heterocycles. The van der Waals surface area contributed by atoms with Crippen LogP contribution in [-0.4, -0.2) is 16.3 Å². The number of aryl methyl sites for hydroxylation is 1. The van der Waals surface area contributed by atoms with E-state index in [1.807, 2.05) is 112 Å². The lowest BCUT2D eigenvalue weighted by atomic mass is 9.71. The van der Waals surface area contributed by atoms with E-state index in [1.54, 1.807) is 0 Å². The van der Waals surface area contributed by atoms with Gasteiger partial charge in [0.2, 0.25) is 5.43 Å². The Morgan fingerprint density at radius 2 is 1.64 bits per heavy atom. The third kappa shape index (κ3) is 4.50. The fourth-order valence-electron chi connectivity index (χ4n) is 5.53. The Kier molecular flexibility index (Phi) is 5.87. The number of nitrogens with one attached hydrogen (secondary N) is 1. The van der Waals surface area contributed by atoms with Gasteiger partial charge in [-0.1, -0.05) is 60.7 Å². The average molecular weight is 521 g/mol. The summed E-state index contributed by atoms with van der Waals surface area (Å²) in [5, 5.41) is 5.59.